The van der Waals surface area contributed by atoms with Crippen molar-refractivity contribution in [1.82, 2.24) is 0 Å². The van der Waals surface area contributed by atoms with Crippen molar-refractivity contribution in [2.24, 2.45) is 5.11 Å². The molecule has 0 aliphatic carbocycles. The van der Waals surface area contributed by atoms with E-state index in [1.165, 1.54) is 0 Å². The summed E-state index contributed by atoms with van der Waals surface area (Å²) in [5.41, 5.74) is 8.45. The molecule has 2 unspecified atom stereocenters. The van der Waals surface area contributed by atoms with Gasteiger partial charge in [-0.25, -0.2) is 9.59 Å². The number of nitrogens with zero attached hydrogens (tertiary/aromatic N) is 3. The lowest BCUT2D eigenvalue weighted by molar-refractivity contribution is -0.167. The highest BCUT2D eigenvalue weighted by Gasteiger charge is 2.46. The summed E-state index contributed by atoms with van der Waals surface area (Å²) in [7, 11) is 0. The Morgan fingerprint density at radius 3 is 2.20 bits per heavy atom. The minimum atomic E-state index is -1.42. The van der Waals surface area contributed by atoms with E-state index in [1.807, 2.05) is 0 Å². The number of carbonyl (C=O) groups is 2. The molecule has 1 saturated heterocycles. The number of benzene rings is 2. The van der Waals surface area contributed by atoms with Gasteiger partial charge in [-0.05, 0) is 29.8 Å². The van der Waals surface area contributed by atoms with Crippen LogP contribution in [0.1, 0.15) is 20.7 Å². The Bertz CT molecular complexity index is 923. The van der Waals surface area contributed by atoms with Crippen molar-refractivity contribution in [3.05, 3.63) is 82.2 Å². The minimum absolute atomic E-state index is 0.263. The third kappa shape index (κ3) is 5.11. The molecule has 10 heteroatoms. The minimum Gasteiger partial charge on any atom is -0.459 e. The van der Waals surface area contributed by atoms with Crippen molar-refractivity contribution in [2.45, 2.75) is 29.8 Å². The van der Waals surface area contributed by atoms with Gasteiger partial charge in [0, 0.05) is 4.91 Å². The van der Waals surface area contributed by atoms with Gasteiger partial charge in [0.15, 0.2) is 0 Å². The summed E-state index contributed by atoms with van der Waals surface area (Å²) in [6.45, 7) is -0.311. The molecule has 0 spiro atoms. The Balaban J connectivity index is 1.72. The molecule has 1 heterocycles. The van der Waals surface area contributed by atoms with Crippen molar-refractivity contribution in [1.29, 1.82) is 0 Å². The largest absolute Gasteiger partial charge is 0.459 e. The van der Waals surface area contributed by atoms with Crippen LogP contribution < -0.4 is 0 Å². The molecule has 5 atom stereocenters. The molecular weight excluding hydrogens is 410 g/mol. The molecule has 9 nitrogen and oxygen atoms in total. The number of ether oxygens (including phenoxy) is 3. The zero-order valence-corrected chi connectivity index (χ0v) is 16.5. The number of azide groups is 1. The van der Waals surface area contributed by atoms with Gasteiger partial charge in [0.1, 0.15) is 36.4 Å². The van der Waals surface area contributed by atoms with Gasteiger partial charge >= 0.3 is 11.9 Å². The predicted octanol–water partition coefficient (Wildman–Crippen LogP) is 2.76. The third-order valence-corrected chi connectivity index (χ3v) is 4.91. The van der Waals surface area contributed by atoms with Gasteiger partial charge in [0.25, 0.3) is 0 Å². The van der Waals surface area contributed by atoms with Crippen LogP contribution in [0.15, 0.2) is 65.8 Å². The number of aliphatic hydroxyl groups excluding tert-OH is 1. The second kappa shape index (κ2) is 10.1. The first-order valence-corrected chi connectivity index (χ1v) is 9.57. The van der Waals surface area contributed by atoms with Crippen LogP contribution in [-0.2, 0) is 14.2 Å². The van der Waals surface area contributed by atoms with Crippen LogP contribution in [0.3, 0.4) is 0 Å². The highest BCUT2D eigenvalue weighted by molar-refractivity contribution is 7.80. The fourth-order valence-electron chi connectivity index (χ4n) is 2.96. The van der Waals surface area contributed by atoms with Gasteiger partial charge in [-0.15, -0.1) is 12.6 Å². The molecule has 0 saturated carbocycles. The van der Waals surface area contributed by atoms with E-state index in [0.29, 0.717) is 5.56 Å². The summed E-state index contributed by atoms with van der Waals surface area (Å²) in [5, 5.41) is 14.3. The second-order valence-corrected chi connectivity index (χ2v) is 6.96. The van der Waals surface area contributed by atoms with E-state index in [0.717, 1.165) is 0 Å². The molecule has 0 radical (unpaired) electrons. The van der Waals surface area contributed by atoms with Gasteiger partial charge in [0.05, 0.1) is 11.1 Å². The zero-order chi connectivity index (χ0) is 21.5. The summed E-state index contributed by atoms with van der Waals surface area (Å²) >= 11 is 4.24. The number of carbonyl (C=O) groups excluding carboxylic acids is 2. The third-order valence-electron chi connectivity index (χ3n) is 4.49. The molecule has 2 aromatic carbocycles. The average molecular weight is 429 g/mol. The van der Waals surface area contributed by atoms with Crippen molar-refractivity contribution >= 4 is 24.6 Å². The van der Waals surface area contributed by atoms with Crippen molar-refractivity contribution < 1.29 is 28.9 Å². The Hall–Kier alpha value is -3.04. The smallest absolute Gasteiger partial charge is 0.338 e. The maximum Gasteiger partial charge on any atom is 0.338 e. The lowest BCUT2D eigenvalue weighted by Crippen LogP contribution is -2.58. The van der Waals surface area contributed by atoms with Crippen LogP contribution in [0, 0.1) is 0 Å². The highest BCUT2D eigenvalue weighted by atomic mass is 32.1. The van der Waals surface area contributed by atoms with Crippen molar-refractivity contribution in [3.63, 3.8) is 0 Å². The summed E-state index contributed by atoms with van der Waals surface area (Å²) in [4.78, 5) is 27.3. The van der Waals surface area contributed by atoms with Crippen molar-refractivity contribution in [2.75, 3.05) is 6.61 Å². The van der Waals surface area contributed by atoms with Gasteiger partial charge in [-0.3, -0.25) is 0 Å². The Labute approximate surface area is 177 Å². The van der Waals surface area contributed by atoms with Crippen LogP contribution >= 0.6 is 12.6 Å². The zero-order valence-electron chi connectivity index (χ0n) is 15.6. The first kappa shape index (κ1) is 21.7. The molecule has 1 N–H and O–H groups in total. The van der Waals surface area contributed by atoms with E-state index < -0.39 is 41.7 Å². The summed E-state index contributed by atoms with van der Waals surface area (Å²) in [6.07, 6.45) is -3.70. The normalized spacial score (nSPS) is 25.6. The summed E-state index contributed by atoms with van der Waals surface area (Å²) in [6, 6.07) is 15.4. The standard InChI is InChI=1S/C20H19N3O6S/c21-23-22-15-17(29-19(26)13-9-5-2-6-10-13)16(24)14(28-20(15)30)11-27-18(25)12-7-3-1-4-8-12/h1-10,14-17,20,24,30H,11H2/t14?,15-,16-,17?,20-/m0/s1. The van der Waals surface area contributed by atoms with Crippen LogP contribution in [0.5, 0.6) is 0 Å². The Morgan fingerprint density at radius 1 is 1.07 bits per heavy atom. The number of esters is 2. The molecular formula is C20H19N3O6S. The quantitative estimate of drug-likeness (QED) is 0.239. The second-order valence-electron chi connectivity index (χ2n) is 6.45. The van der Waals surface area contributed by atoms with Crippen LogP contribution in [0.2, 0.25) is 0 Å². The van der Waals surface area contributed by atoms with Crippen LogP contribution in [-0.4, -0.2) is 53.4 Å². The molecule has 30 heavy (non-hydrogen) atoms. The molecule has 156 valence electrons. The Kier molecular flexibility index (Phi) is 7.31. The lowest BCUT2D eigenvalue weighted by Gasteiger charge is -2.40. The van der Waals surface area contributed by atoms with Gasteiger partial charge < -0.3 is 19.3 Å². The summed E-state index contributed by atoms with van der Waals surface area (Å²) < 4.78 is 16.2. The molecule has 0 amide bonds. The predicted molar refractivity (Wildman–Crippen MR) is 109 cm³/mol. The lowest BCUT2D eigenvalue weighted by atomic mass is 9.98. The Morgan fingerprint density at radius 2 is 1.63 bits per heavy atom. The van der Waals surface area contributed by atoms with E-state index in [-0.39, 0.29) is 12.2 Å². The number of hydrogen-bond donors (Lipinski definition) is 2. The topological polar surface area (TPSA) is 131 Å². The maximum atomic E-state index is 12.5. The molecule has 1 aliphatic heterocycles. The van der Waals surface area contributed by atoms with E-state index in [4.69, 9.17) is 19.7 Å². The molecule has 3 rings (SSSR count). The highest BCUT2D eigenvalue weighted by Crippen LogP contribution is 2.29. The monoisotopic (exact) mass is 429 g/mol. The fourth-order valence-corrected chi connectivity index (χ4v) is 3.34. The maximum absolute atomic E-state index is 12.5. The average Bonchev–Trinajstić information content (AvgIpc) is 2.78. The molecule has 0 aromatic heterocycles. The number of rotatable bonds is 6. The van der Waals surface area contributed by atoms with Gasteiger partial charge in [-0.1, -0.05) is 41.5 Å². The molecule has 1 fully saturated rings. The van der Waals surface area contributed by atoms with E-state index >= 15 is 0 Å². The molecule has 0 bridgehead atoms. The SMILES string of the molecule is [N-]=[N+]=N[C@H]1C(OC(=O)c2ccccc2)[C@@H](O)C(COC(=O)c2ccccc2)O[C@H]1S. The van der Waals surface area contributed by atoms with E-state index in [1.54, 1.807) is 60.7 Å². The van der Waals surface area contributed by atoms with Gasteiger partial charge in [0.2, 0.25) is 0 Å². The number of hydrogen-bond acceptors (Lipinski definition) is 8. The first-order valence-electron chi connectivity index (χ1n) is 9.05. The van der Waals surface area contributed by atoms with E-state index in [2.05, 4.69) is 22.7 Å². The van der Waals surface area contributed by atoms with Gasteiger partial charge in [-0.2, -0.15) is 0 Å². The molecule has 2 aromatic rings. The fraction of sp³-hybridized carbons (Fsp3) is 0.300. The summed E-state index contributed by atoms with van der Waals surface area (Å²) in [5.74, 6) is -1.31. The van der Waals surface area contributed by atoms with Crippen LogP contribution in [0.25, 0.3) is 10.4 Å². The number of thiol groups is 1. The number of aliphatic hydroxyl groups is 1. The van der Waals surface area contributed by atoms with Crippen molar-refractivity contribution in [3.8, 4) is 0 Å². The first-order chi connectivity index (χ1) is 14.5. The van der Waals surface area contributed by atoms with Crippen LogP contribution in [0.4, 0.5) is 0 Å². The van der Waals surface area contributed by atoms with E-state index in [9.17, 15) is 14.7 Å². The molecule has 1 aliphatic rings.